The summed E-state index contributed by atoms with van der Waals surface area (Å²) in [5, 5.41) is 15.0. The molecular weight excluding hydrogens is 254 g/mol. The third-order valence-electron chi connectivity index (χ3n) is 2.19. The molecule has 1 heterocycles. The summed E-state index contributed by atoms with van der Waals surface area (Å²) in [6.45, 7) is 0. The second kappa shape index (κ2) is 5.37. The van der Waals surface area contributed by atoms with E-state index in [2.05, 4.69) is 14.9 Å². The number of hydrogen-bond donors (Lipinski definition) is 2. The number of benzene rings is 1. The Kier molecular flexibility index (Phi) is 3.63. The Labute approximate surface area is 106 Å². The van der Waals surface area contributed by atoms with Crippen molar-refractivity contribution < 1.29 is 14.7 Å². The molecule has 0 fully saturated rings. The Morgan fingerprint density at radius 2 is 2.11 bits per heavy atom. The van der Waals surface area contributed by atoms with Gasteiger partial charge in [0.25, 0.3) is 5.91 Å². The molecule has 0 aliphatic carbocycles. The Bertz CT molecular complexity index is 569. The Morgan fingerprint density at radius 1 is 1.33 bits per heavy atom. The maximum Gasteiger partial charge on any atom is 0.307 e. The minimum Gasteiger partial charge on any atom is -0.481 e. The largest absolute Gasteiger partial charge is 0.481 e. The van der Waals surface area contributed by atoms with E-state index in [4.69, 9.17) is 5.11 Å². The van der Waals surface area contributed by atoms with Crippen LogP contribution in [0.25, 0.3) is 0 Å². The third-order valence-corrected chi connectivity index (χ3v) is 2.86. The zero-order valence-electron chi connectivity index (χ0n) is 9.16. The predicted octanol–water partition coefficient (Wildman–Crippen LogP) is 1.42. The lowest BCUT2D eigenvalue weighted by atomic mass is 10.1. The van der Waals surface area contributed by atoms with Crippen LogP contribution in [-0.2, 0) is 11.2 Å². The first-order valence-corrected chi connectivity index (χ1v) is 5.82. The van der Waals surface area contributed by atoms with E-state index in [1.165, 1.54) is 6.20 Å². The van der Waals surface area contributed by atoms with Crippen molar-refractivity contribution in [2.24, 2.45) is 0 Å². The van der Waals surface area contributed by atoms with Gasteiger partial charge in [0, 0.05) is 5.69 Å². The molecule has 92 valence electrons. The van der Waals surface area contributed by atoms with Crippen molar-refractivity contribution in [1.29, 1.82) is 0 Å². The van der Waals surface area contributed by atoms with Crippen LogP contribution in [0.3, 0.4) is 0 Å². The van der Waals surface area contributed by atoms with Crippen molar-refractivity contribution in [2.75, 3.05) is 5.32 Å². The number of rotatable bonds is 4. The minimum atomic E-state index is -0.948. The summed E-state index contributed by atoms with van der Waals surface area (Å²) in [6, 6.07) is 6.77. The van der Waals surface area contributed by atoms with Crippen molar-refractivity contribution in [3.63, 3.8) is 0 Å². The lowest BCUT2D eigenvalue weighted by Gasteiger charge is -2.08. The van der Waals surface area contributed by atoms with Crippen LogP contribution in [0.1, 0.15) is 15.2 Å². The molecule has 6 nitrogen and oxygen atoms in total. The van der Waals surface area contributed by atoms with Gasteiger partial charge in [-0.15, -0.1) is 5.10 Å². The fourth-order valence-corrected chi connectivity index (χ4v) is 1.82. The van der Waals surface area contributed by atoms with Gasteiger partial charge in [0.05, 0.1) is 12.6 Å². The average molecular weight is 263 g/mol. The van der Waals surface area contributed by atoms with Gasteiger partial charge >= 0.3 is 5.97 Å². The molecule has 1 aromatic heterocycles. The van der Waals surface area contributed by atoms with E-state index in [0.717, 1.165) is 11.5 Å². The summed E-state index contributed by atoms with van der Waals surface area (Å²) in [4.78, 5) is 22.9. The molecule has 1 aromatic carbocycles. The van der Waals surface area contributed by atoms with Crippen LogP contribution in [0.4, 0.5) is 5.69 Å². The molecule has 0 atom stereocenters. The van der Waals surface area contributed by atoms with Gasteiger partial charge in [-0.2, -0.15) is 0 Å². The number of nitrogens with zero attached hydrogens (tertiary/aromatic N) is 2. The number of amides is 1. The molecule has 0 spiro atoms. The van der Waals surface area contributed by atoms with Gasteiger partial charge < -0.3 is 10.4 Å². The van der Waals surface area contributed by atoms with Gasteiger partial charge in [-0.1, -0.05) is 22.7 Å². The number of carboxylic acids is 1. The molecule has 2 rings (SSSR count). The Balaban J connectivity index is 2.18. The molecule has 0 saturated carbocycles. The highest BCUT2D eigenvalue weighted by Crippen LogP contribution is 2.17. The zero-order chi connectivity index (χ0) is 13.0. The van der Waals surface area contributed by atoms with Crippen molar-refractivity contribution in [2.45, 2.75) is 6.42 Å². The van der Waals surface area contributed by atoms with Gasteiger partial charge in [0.15, 0.2) is 0 Å². The van der Waals surface area contributed by atoms with Crippen molar-refractivity contribution >= 4 is 29.1 Å². The molecule has 0 saturated heterocycles. The van der Waals surface area contributed by atoms with Crippen LogP contribution in [0.5, 0.6) is 0 Å². The van der Waals surface area contributed by atoms with E-state index in [9.17, 15) is 9.59 Å². The monoisotopic (exact) mass is 263 g/mol. The van der Waals surface area contributed by atoms with Gasteiger partial charge in [0.1, 0.15) is 4.88 Å². The van der Waals surface area contributed by atoms with Crippen LogP contribution < -0.4 is 5.32 Å². The van der Waals surface area contributed by atoms with Crippen LogP contribution >= 0.6 is 11.5 Å². The zero-order valence-corrected chi connectivity index (χ0v) is 9.98. The number of carbonyl (C=O) groups is 2. The third kappa shape index (κ3) is 2.89. The first-order valence-electron chi connectivity index (χ1n) is 5.05. The topological polar surface area (TPSA) is 92.2 Å². The molecule has 18 heavy (non-hydrogen) atoms. The number of aliphatic carboxylic acids is 1. The van der Waals surface area contributed by atoms with E-state index in [-0.39, 0.29) is 12.3 Å². The lowest BCUT2D eigenvalue weighted by molar-refractivity contribution is -0.136. The molecule has 2 aromatic rings. The predicted molar refractivity (Wildman–Crippen MR) is 65.6 cm³/mol. The first kappa shape index (κ1) is 12.2. The van der Waals surface area contributed by atoms with Gasteiger partial charge in [-0.05, 0) is 23.2 Å². The second-order valence-corrected chi connectivity index (χ2v) is 4.25. The highest BCUT2D eigenvalue weighted by molar-refractivity contribution is 7.07. The number of carboxylic acid groups (broad SMARTS) is 1. The summed E-state index contributed by atoms with van der Waals surface area (Å²) < 4.78 is 3.59. The SMILES string of the molecule is O=C(O)Cc1ccccc1NC(=O)c1cnns1. The number of aromatic nitrogens is 2. The summed E-state index contributed by atoms with van der Waals surface area (Å²) in [6.07, 6.45) is 1.22. The van der Waals surface area contributed by atoms with Crippen LogP contribution in [0.2, 0.25) is 0 Å². The fourth-order valence-electron chi connectivity index (χ4n) is 1.41. The van der Waals surface area contributed by atoms with E-state index >= 15 is 0 Å². The summed E-state index contributed by atoms with van der Waals surface area (Å²) in [5.41, 5.74) is 1.04. The maximum absolute atomic E-state index is 11.8. The highest BCUT2D eigenvalue weighted by atomic mass is 32.1. The lowest BCUT2D eigenvalue weighted by Crippen LogP contribution is -2.13. The average Bonchev–Trinajstić information content (AvgIpc) is 2.84. The molecule has 0 radical (unpaired) electrons. The standard InChI is InChI=1S/C11H9N3O3S/c15-10(16)5-7-3-1-2-4-8(7)13-11(17)9-6-12-14-18-9/h1-4,6H,5H2,(H,13,17)(H,15,16). The molecule has 2 N–H and O–H groups in total. The highest BCUT2D eigenvalue weighted by Gasteiger charge is 2.12. The molecule has 7 heteroatoms. The number of nitrogens with one attached hydrogen (secondary N) is 1. The second-order valence-electron chi connectivity index (χ2n) is 3.46. The van der Waals surface area contributed by atoms with Crippen molar-refractivity contribution in [3.05, 3.63) is 40.9 Å². The van der Waals surface area contributed by atoms with E-state index < -0.39 is 5.97 Å². The minimum absolute atomic E-state index is 0.141. The fraction of sp³-hybridized carbons (Fsp3) is 0.0909. The molecule has 0 aliphatic heterocycles. The van der Waals surface area contributed by atoms with E-state index in [1.807, 2.05) is 0 Å². The smallest absolute Gasteiger partial charge is 0.307 e. The van der Waals surface area contributed by atoms with E-state index in [0.29, 0.717) is 16.1 Å². The number of para-hydroxylation sites is 1. The number of hydrogen-bond acceptors (Lipinski definition) is 5. The van der Waals surface area contributed by atoms with Crippen molar-refractivity contribution in [1.82, 2.24) is 9.59 Å². The quantitative estimate of drug-likeness (QED) is 0.870. The Hall–Kier alpha value is -2.28. The maximum atomic E-state index is 11.8. The van der Waals surface area contributed by atoms with Gasteiger partial charge in [-0.25, -0.2) is 0 Å². The summed E-state index contributed by atoms with van der Waals surface area (Å²) in [5.74, 6) is -1.29. The molecule has 0 aliphatic rings. The van der Waals surface area contributed by atoms with E-state index in [1.54, 1.807) is 24.3 Å². The number of carbonyl (C=O) groups excluding carboxylic acids is 1. The first-order chi connectivity index (χ1) is 8.66. The van der Waals surface area contributed by atoms with Gasteiger partial charge in [-0.3, -0.25) is 9.59 Å². The molecule has 0 unspecified atom stereocenters. The Morgan fingerprint density at radius 3 is 2.78 bits per heavy atom. The molecule has 0 bridgehead atoms. The molecule has 1 amide bonds. The number of anilines is 1. The molecular formula is C11H9N3O3S. The van der Waals surface area contributed by atoms with Crippen molar-refractivity contribution in [3.8, 4) is 0 Å². The van der Waals surface area contributed by atoms with Crippen LogP contribution in [-0.4, -0.2) is 26.6 Å². The normalized spacial score (nSPS) is 10.0. The van der Waals surface area contributed by atoms with Crippen LogP contribution in [0.15, 0.2) is 30.5 Å². The van der Waals surface area contributed by atoms with Crippen LogP contribution in [0, 0.1) is 0 Å². The van der Waals surface area contributed by atoms with Gasteiger partial charge in [0.2, 0.25) is 0 Å². The summed E-state index contributed by atoms with van der Waals surface area (Å²) in [7, 11) is 0. The summed E-state index contributed by atoms with van der Waals surface area (Å²) >= 11 is 0.981.